The van der Waals surface area contributed by atoms with Gasteiger partial charge in [-0.1, -0.05) is 22.0 Å². The first kappa shape index (κ1) is 14.4. The molecular formula is C11H12BrF4N. The van der Waals surface area contributed by atoms with Crippen molar-refractivity contribution in [3.8, 4) is 0 Å². The van der Waals surface area contributed by atoms with Crippen LogP contribution in [-0.2, 0) is 0 Å². The Morgan fingerprint density at radius 1 is 1.35 bits per heavy atom. The summed E-state index contributed by atoms with van der Waals surface area (Å²) < 4.78 is 50.4. The lowest BCUT2D eigenvalue weighted by Gasteiger charge is -2.19. The molecule has 0 bridgehead atoms. The van der Waals surface area contributed by atoms with Crippen LogP contribution in [0.5, 0.6) is 0 Å². The smallest absolute Gasteiger partial charge is 0.313 e. The zero-order valence-electron chi connectivity index (χ0n) is 9.11. The zero-order valence-corrected chi connectivity index (χ0v) is 10.7. The minimum Gasteiger partial charge on any atom is -0.313 e. The van der Waals surface area contributed by atoms with Gasteiger partial charge in [-0.05, 0) is 25.6 Å². The van der Waals surface area contributed by atoms with E-state index >= 15 is 0 Å². The lowest BCUT2D eigenvalue weighted by atomic mass is 10.0. The number of halogens is 5. The lowest BCUT2D eigenvalue weighted by molar-refractivity contribution is -0.136. The van der Waals surface area contributed by atoms with Crippen molar-refractivity contribution in [2.24, 2.45) is 0 Å². The summed E-state index contributed by atoms with van der Waals surface area (Å²) >= 11 is 3.15. The van der Waals surface area contributed by atoms with Crippen molar-refractivity contribution in [3.05, 3.63) is 34.1 Å². The van der Waals surface area contributed by atoms with E-state index in [0.717, 1.165) is 0 Å². The summed E-state index contributed by atoms with van der Waals surface area (Å²) in [4.78, 5) is 0. The highest BCUT2D eigenvalue weighted by molar-refractivity contribution is 9.10. The van der Waals surface area contributed by atoms with Crippen LogP contribution in [0.1, 0.15) is 24.4 Å². The number of hydrogen-bond acceptors (Lipinski definition) is 1. The number of benzene rings is 1. The molecule has 1 N–H and O–H groups in total. The third kappa shape index (κ3) is 4.27. The summed E-state index contributed by atoms with van der Waals surface area (Å²) in [6, 6.07) is 3.68. The van der Waals surface area contributed by atoms with E-state index in [1.807, 2.05) is 0 Å². The molecule has 6 heteroatoms. The fourth-order valence-corrected chi connectivity index (χ4v) is 2.20. The third-order valence-electron chi connectivity index (χ3n) is 2.41. The quantitative estimate of drug-likeness (QED) is 0.822. The Bertz CT molecular complexity index is 358. The van der Waals surface area contributed by atoms with Gasteiger partial charge in [0.15, 0.2) is 0 Å². The highest BCUT2D eigenvalue weighted by Crippen LogP contribution is 2.32. The van der Waals surface area contributed by atoms with Crippen LogP contribution >= 0.6 is 15.9 Å². The Hall–Kier alpha value is -0.620. The molecule has 0 radical (unpaired) electrons. The Labute approximate surface area is 105 Å². The van der Waals surface area contributed by atoms with Crippen LogP contribution in [0.4, 0.5) is 17.6 Å². The molecule has 1 aromatic carbocycles. The first-order valence-corrected chi connectivity index (χ1v) is 5.82. The molecule has 1 aromatic rings. The molecular weight excluding hydrogens is 302 g/mol. The molecule has 96 valence electrons. The minimum absolute atomic E-state index is 0.195. The van der Waals surface area contributed by atoms with Crippen LogP contribution in [0.2, 0.25) is 0 Å². The van der Waals surface area contributed by atoms with Crippen LogP contribution in [-0.4, -0.2) is 13.2 Å². The molecule has 0 aliphatic carbocycles. The Balaban J connectivity index is 2.87. The van der Waals surface area contributed by atoms with Gasteiger partial charge in [-0.3, -0.25) is 0 Å². The van der Waals surface area contributed by atoms with E-state index < -0.39 is 24.5 Å². The van der Waals surface area contributed by atoms with E-state index in [2.05, 4.69) is 21.2 Å². The monoisotopic (exact) mass is 313 g/mol. The molecule has 1 rings (SSSR count). The van der Waals surface area contributed by atoms with Crippen molar-refractivity contribution >= 4 is 15.9 Å². The third-order valence-corrected chi connectivity index (χ3v) is 3.10. The predicted octanol–water partition coefficient (Wildman–Crippen LogP) is 4.19. The Morgan fingerprint density at radius 3 is 2.47 bits per heavy atom. The Kier molecular flexibility index (Phi) is 4.94. The van der Waals surface area contributed by atoms with Crippen LogP contribution in [0.3, 0.4) is 0 Å². The summed E-state index contributed by atoms with van der Waals surface area (Å²) in [5.74, 6) is -0.513. The predicted molar refractivity (Wildman–Crippen MR) is 61.2 cm³/mol. The zero-order chi connectivity index (χ0) is 13.1. The fourth-order valence-electron chi connectivity index (χ4n) is 1.58. The van der Waals surface area contributed by atoms with Gasteiger partial charge >= 0.3 is 6.18 Å². The normalized spacial score (nSPS) is 13.8. The van der Waals surface area contributed by atoms with Crippen molar-refractivity contribution in [1.29, 1.82) is 0 Å². The van der Waals surface area contributed by atoms with E-state index in [4.69, 9.17) is 0 Å². The number of hydrogen-bond donors (Lipinski definition) is 1. The molecule has 1 nitrogen and oxygen atoms in total. The highest BCUT2D eigenvalue weighted by Gasteiger charge is 2.29. The summed E-state index contributed by atoms with van der Waals surface area (Å²) in [6.07, 6.45) is -5.37. The SMILES string of the molecule is CNC(CCC(F)(F)F)c1c(F)cccc1Br. The van der Waals surface area contributed by atoms with Gasteiger partial charge in [0.2, 0.25) is 0 Å². The molecule has 0 fully saturated rings. The average Bonchev–Trinajstić information content (AvgIpc) is 2.21. The Morgan fingerprint density at radius 2 is 2.00 bits per heavy atom. The largest absolute Gasteiger partial charge is 0.389 e. The van der Waals surface area contributed by atoms with Crippen molar-refractivity contribution in [2.45, 2.75) is 25.1 Å². The first-order valence-electron chi connectivity index (χ1n) is 5.03. The fraction of sp³-hybridized carbons (Fsp3) is 0.455. The maximum atomic E-state index is 13.6. The van der Waals surface area contributed by atoms with E-state index in [9.17, 15) is 17.6 Å². The summed E-state index contributed by atoms with van der Waals surface area (Å²) in [5, 5.41) is 2.70. The molecule has 0 aliphatic heterocycles. The summed E-state index contributed by atoms with van der Waals surface area (Å²) in [5.41, 5.74) is 0.235. The van der Waals surface area contributed by atoms with Gasteiger partial charge in [-0.2, -0.15) is 13.2 Å². The van der Waals surface area contributed by atoms with Crippen molar-refractivity contribution in [1.82, 2.24) is 5.32 Å². The van der Waals surface area contributed by atoms with Gasteiger partial charge in [-0.15, -0.1) is 0 Å². The van der Waals surface area contributed by atoms with Gasteiger partial charge < -0.3 is 5.32 Å². The van der Waals surface area contributed by atoms with Gasteiger partial charge in [0, 0.05) is 22.5 Å². The molecule has 0 spiro atoms. The average molecular weight is 314 g/mol. The first-order chi connectivity index (χ1) is 7.85. The molecule has 1 atom stereocenters. The topological polar surface area (TPSA) is 12.0 Å². The molecule has 0 saturated heterocycles. The maximum Gasteiger partial charge on any atom is 0.389 e. The number of alkyl halides is 3. The second-order valence-electron chi connectivity index (χ2n) is 3.63. The molecule has 0 amide bonds. The van der Waals surface area contributed by atoms with Crippen LogP contribution in [0.15, 0.2) is 22.7 Å². The molecule has 0 aliphatic rings. The van der Waals surface area contributed by atoms with Crippen molar-refractivity contribution in [2.75, 3.05) is 7.05 Å². The van der Waals surface area contributed by atoms with Gasteiger partial charge in [0.1, 0.15) is 5.82 Å². The van der Waals surface area contributed by atoms with Crippen molar-refractivity contribution < 1.29 is 17.6 Å². The standard InChI is InChI=1S/C11H12BrF4N/c1-17-9(5-6-11(14,15)16)10-7(12)3-2-4-8(10)13/h2-4,9,17H,5-6H2,1H3. The molecule has 0 aromatic heterocycles. The lowest BCUT2D eigenvalue weighted by Crippen LogP contribution is -2.21. The molecule has 0 heterocycles. The van der Waals surface area contributed by atoms with Crippen LogP contribution in [0, 0.1) is 5.82 Å². The highest BCUT2D eigenvalue weighted by atomic mass is 79.9. The summed E-state index contributed by atoms with van der Waals surface area (Å²) in [6.45, 7) is 0. The second-order valence-corrected chi connectivity index (χ2v) is 4.48. The minimum atomic E-state index is -4.23. The van der Waals surface area contributed by atoms with Gasteiger partial charge in [0.05, 0.1) is 0 Å². The van der Waals surface area contributed by atoms with Gasteiger partial charge in [0.25, 0.3) is 0 Å². The van der Waals surface area contributed by atoms with Gasteiger partial charge in [-0.25, -0.2) is 4.39 Å². The van der Waals surface area contributed by atoms with Crippen molar-refractivity contribution in [3.63, 3.8) is 0 Å². The van der Waals surface area contributed by atoms with E-state index in [0.29, 0.717) is 4.47 Å². The maximum absolute atomic E-state index is 13.6. The van der Waals surface area contributed by atoms with Crippen LogP contribution in [0.25, 0.3) is 0 Å². The number of nitrogens with one attached hydrogen (secondary N) is 1. The van der Waals surface area contributed by atoms with Crippen LogP contribution < -0.4 is 5.32 Å². The van der Waals surface area contributed by atoms with E-state index in [-0.39, 0.29) is 12.0 Å². The van der Waals surface area contributed by atoms with E-state index in [1.54, 1.807) is 6.07 Å². The number of rotatable bonds is 4. The summed E-state index contributed by atoms with van der Waals surface area (Å²) in [7, 11) is 1.51. The second kappa shape index (κ2) is 5.82. The molecule has 0 saturated carbocycles. The molecule has 17 heavy (non-hydrogen) atoms. The molecule has 1 unspecified atom stereocenters. The van der Waals surface area contributed by atoms with E-state index in [1.165, 1.54) is 19.2 Å².